The van der Waals surface area contributed by atoms with Gasteiger partial charge in [-0.15, -0.1) is 0 Å². The van der Waals surface area contributed by atoms with Crippen LogP contribution in [-0.4, -0.2) is 13.2 Å². The molecule has 0 saturated carbocycles. The normalized spacial score (nSPS) is 23.7. The van der Waals surface area contributed by atoms with Crippen molar-refractivity contribution in [1.82, 2.24) is 0 Å². The molecular weight excluding hydrogens is 198 g/mol. The number of ether oxygens (including phenoxy) is 1. The van der Waals surface area contributed by atoms with Crippen molar-refractivity contribution in [3.8, 4) is 0 Å². The Morgan fingerprint density at radius 3 is 2.64 bits per heavy atom. The number of benzene rings is 1. The van der Waals surface area contributed by atoms with Gasteiger partial charge >= 0.3 is 0 Å². The number of hydrogen-bond acceptors (Lipinski definition) is 2. The van der Waals surface area contributed by atoms with Crippen molar-refractivity contribution >= 4 is 11.6 Å². The topological polar surface area (TPSA) is 35.2 Å². The number of halogens is 1. The monoisotopic (exact) mass is 211 g/mol. The molecule has 2 N–H and O–H groups in total. The molecule has 1 saturated heterocycles. The zero-order valence-corrected chi connectivity index (χ0v) is 8.70. The maximum atomic E-state index is 6.13. The molecule has 3 heteroatoms. The van der Waals surface area contributed by atoms with Gasteiger partial charge < -0.3 is 10.5 Å². The fourth-order valence-electron chi connectivity index (χ4n) is 1.79. The van der Waals surface area contributed by atoms with Crippen LogP contribution in [0.25, 0.3) is 0 Å². The fourth-order valence-corrected chi connectivity index (χ4v) is 1.92. The van der Waals surface area contributed by atoms with Crippen molar-refractivity contribution in [2.75, 3.05) is 13.2 Å². The average Bonchev–Trinajstić information content (AvgIpc) is 2.71. The summed E-state index contributed by atoms with van der Waals surface area (Å²) < 4.78 is 5.32. The standard InChI is InChI=1S/C11H14ClNO/c12-10-3-1-8(2-4-10)11(13)9-5-6-14-7-9/h1-4,9,11H,5-7,13H2/t9-,11+/m0/s1. The number of nitrogens with two attached hydrogens (primary N) is 1. The van der Waals surface area contributed by atoms with Crippen molar-refractivity contribution in [3.63, 3.8) is 0 Å². The molecule has 0 amide bonds. The first-order chi connectivity index (χ1) is 6.77. The first-order valence-electron chi connectivity index (χ1n) is 4.86. The van der Waals surface area contributed by atoms with Crippen LogP contribution in [0.5, 0.6) is 0 Å². The molecule has 1 aromatic rings. The lowest BCUT2D eigenvalue weighted by atomic mass is 9.93. The molecule has 2 nitrogen and oxygen atoms in total. The van der Waals surface area contributed by atoms with Gasteiger partial charge in [0, 0.05) is 23.6 Å². The summed E-state index contributed by atoms with van der Waals surface area (Å²) in [5.74, 6) is 0.455. The number of hydrogen-bond donors (Lipinski definition) is 1. The van der Waals surface area contributed by atoms with Crippen LogP contribution in [-0.2, 0) is 4.74 Å². The lowest BCUT2D eigenvalue weighted by Crippen LogP contribution is -2.21. The lowest BCUT2D eigenvalue weighted by molar-refractivity contribution is 0.181. The number of rotatable bonds is 2. The van der Waals surface area contributed by atoms with Gasteiger partial charge in [-0.1, -0.05) is 23.7 Å². The minimum atomic E-state index is 0.0785. The summed E-state index contributed by atoms with van der Waals surface area (Å²) in [5.41, 5.74) is 7.27. The van der Waals surface area contributed by atoms with E-state index in [2.05, 4.69) is 0 Å². The van der Waals surface area contributed by atoms with Gasteiger partial charge in [-0.25, -0.2) is 0 Å². The Labute approximate surface area is 89.0 Å². The average molecular weight is 212 g/mol. The molecule has 1 aliphatic heterocycles. The van der Waals surface area contributed by atoms with Crippen LogP contribution >= 0.6 is 11.6 Å². The molecule has 0 unspecified atom stereocenters. The minimum Gasteiger partial charge on any atom is -0.381 e. The highest BCUT2D eigenvalue weighted by molar-refractivity contribution is 6.30. The zero-order chi connectivity index (χ0) is 9.97. The molecule has 76 valence electrons. The van der Waals surface area contributed by atoms with Gasteiger partial charge in [-0.2, -0.15) is 0 Å². The Balaban J connectivity index is 2.09. The van der Waals surface area contributed by atoms with Crippen molar-refractivity contribution in [2.45, 2.75) is 12.5 Å². The summed E-state index contributed by atoms with van der Waals surface area (Å²) in [6.07, 6.45) is 1.06. The third kappa shape index (κ3) is 2.08. The third-order valence-electron chi connectivity index (χ3n) is 2.73. The van der Waals surface area contributed by atoms with Crippen LogP contribution in [0.3, 0.4) is 0 Å². The van der Waals surface area contributed by atoms with E-state index in [1.165, 1.54) is 0 Å². The van der Waals surface area contributed by atoms with Crippen molar-refractivity contribution in [1.29, 1.82) is 0 Å². The molecule has 1 fully saturated rings. The molecule has 0 aliphatic carbocycles. The first kappa shape index (κ1) is 9.97. The van der Waals surface area contributed by atoms with Crippen LogP contribution in [0.4, 0.5) is 0 Å². The van der Waals surface area contributed by atoms with E-state index < -0.39 is 0 Å². The molecular formula is C11H14ClNO. The van der Waals surface area contributed by atoms with Gasteiger partial charge in [-0.05, 0) is 24.1 Å². The Hall–Kier alpha value is -0.570. The molecule has 2 rings (SSSR count). The summed E-state index contributed by atoms with van der Waals surface area (Å²) in [5, 5.41) is 0.753. The summed E-state index contributed by atoms with van der Waals surface area (Å²) >= 11 is 5.81. The van der Waals surface area contributed by atoms with Gasteiger partial charge in [0.15, 0.2) is 0 Å². The van der Waals surface area contributed by atoms with Crippen LogP contribution < -0.4 is 5.73 Å². The Morgan fingerprint density at radius 1 is 1.36 bits per heavy atom. The second-order valence-electron chi connectivity index (χ2n) is 3.70. The molecule has 1 aliphatic rings. The summed E-state index contributed by atoms with van der Waals surface area (Å²) in [7, 11) is 0. The van der Waals surface area contributed by atoms with Gasteiger partial charge in [0.1, 0.15) is 0 Å². The highest BCUT2D eigenvalue weighted by atomic mass is 35.5. The predicted molar refractivity (Wildman–Crippen MR) is 57.3 cm³/mol. The maximum absolute atomic E-state index is 6.13. The van der Waals surface area contributed by atoms with Crippen molar-refractivity contribution in [3.05, 3.63) is 34.9 Å². The van der Waals surface area contributed by atoms with E-state index in [1.54, 1.807) is 0 Å². The molecule has 0 radical (unpaired) electrons. The van der Waals surface area contributed by atoms with Crippen molar-refractivity contribution in [2.24, 2.45) is 11.7 Å². The van der Waals surface area contributed by atoms with Gasteiger partial charge in [0.25, 0.3) is 0 Å². The van der Waals surface area contributed by atoms with E-state index >= 15 is 0 Å². The second kappa shape index (κ2) is 4.30. The molecule has 1 aromatic carbocycles. The minimum absolute atomic E-state index is 0.0785. The van der Waals surface area contributed by atoms with Gasteiger partial charge in [-0.3, -0.25) is 0 Å². The molecule has 0 bridgehead atoms. The van der Waals surface area contributed by atoms with E-state index in [-0.39, 0.29) is 6.04 Å². The van der Waals surface area contributed by atoms with Crippen LogP contribution in [0.1, 0.15) is 18.0 Å². The van der Waals surface area contributed by atoms with E-state index in [0.29, 0.717) is 5.92 Å². The van der Waals surface area contributed by atoms with Crippen molar-refractivity contribution < 1.29 is 4.74 Å². The largest absolute Gasteiger partial charge is 0.381 e. The SMILES string of the molecule is N[C@H](c1ccc(Cl)cc1)[C@H]1CCOC1. The molecule has 14 heavy (non-hydrogen) atoms. The fraction of sp³-hybridized carbons (Fsp3) is 0.455. The van der Waals surface area contributed by atoms with Crippen LogP contribution in [0.15, 0.2) is 24.3 Å². The quantitative estimate of drug-likeness (QED) is 0.815. The summed E-state index contributed by atoms with van der Waals surface area (Å²) in [6.45, 7) is 1.62. The van der Waals surface area contributed by atoms with E-state index in [9.17, 15) is 0 Å². The van der Waals surface area contributed by atoms with Crippen LogP contribution in [0.2, 0.25) is 5.02 Å². The first-order valence-corrected chi connectivity index (χ1v) is 5.24. The highest BCUT2D eigenvalue weighted by Crippen LogP contribution is 2.27. The Morgan fingerprint density at radius 2 is 2.07 bits per heavy atom. The predicted octanol–water partition coefficient (Wildman–Crippen LogP) is 2.38. The lowest BCUT2D eigenvalue weighted by Gasteiger charge is -2.17. The zero-order valence-electron chi connectivity index (χ0n) is 7.95. The van der Waals surface area contributed by atoms with Gasteiger partial charge in [0.05, 0.1) is 6.61 Å². The van der Waals surface area contributed by atoms with E-state index in [4.69, 9.17) is 22.1 Å². The summed E-state index contributed by atoms with van der Waals surface area (Å²) in [4.78, 5) is 0. The molecule has 0 spiro atoms. The second-order valence-corrected chi connectivity index (χ2v) is 4.14. The molecule has 0 aromatic heterocycles. The summed E-state index contributed by atoms with van der Waals surface area (Å²) in [6, 6.07) is 7.82. The van der Waals surface area contributed by atoms with E-state index in [0.717, 1.165) is 30.2 Å². The molecule has 1 heterocycles. The van der Waals surface area contributed by atoms with E-state index in [1.807, 2.05) is 24.3 Å². The molecule has 2 atom stereocenters. The smallest absolute Gasteiger partial charge is 0.0513 e. The van der Waals surface area contributed by atoms with Crippen LogP contribution in [0, 0.1) is 5.92 Å². The third-order valence-corrected chi connectivity index (χ3v) is 2.98. The Kier molecular flexibility index (Phi) is 3.06. The highest BCUT2D eigenvalue weighted by Gasteiger charge is 2.23. The van der Waals surface area contributed by atoms with Gasteiger partial charge in [0.2, 0.25) is 0 Å². The maximum Gasteiger partial charge on any atom is 0.0513 e. The Bertz CT molecular complexity index is 293.